The molecule has 0 aliphatic heterocycles. The van der Waals surface area contributed by atoms with Gasteiger partial charge in [-0.05, 0) is 6.07 Å². The predicted molar refractivity (Wildman–Crippen MR) is 75.0 cm³/mol. The molecule has 8 heteroatoms. The number of fused-ring (bicyclic) bond motifs is 1. The number of carbonyl (C=O) groups is 1. The topological polar surface area (TPSA) is 86.3 Å². The number of hydrogen-bond donors (Lipinski definition) is 1. The van der Waals surface area contributed by atoms with Gasteiger partial charge in [0.25, 0.3) is 5.91 Å². The summed E-state index contributed by atoms with van der Waals surface area (Å²) in [6.07, 6.45) is 6.81. The molecular weight excluding hydrogens is 272 g/mol. The molecule has 0 aromatic carbocycles. The van der Waals surface area contributed by atoms with Gasteiger partial charge in [0.15, 0.2) is 5.82 Å². The monoisotopic (exact) mass is 286 g/mol. The minimum atomic E-state index is -0.322. The number of anilines is 1. The van der Waals surface area contributed by atoms with Crippen molar-refractivity contribution < 1.29 is 9.53 Å². The van der Waals surface area contributed by atoms with Crippen molar-refractivity contribution in [2.45, 2.75) is 6.54 Å². The van der Waals surface area contributed by atoms with Gasteiger partial charge in [0.2, 0.25) is 5.78 Å². The highest BCUT2D eigenvalue weighted by atomic mass is 16.5. The molecule has 8 nitrogen and oxygen atoms in total. The Bertz CT molecular complexity index is 730. The first kappa shape index (κ1) is 13.3. The molecule has 0 unspecified atom stereocenters. The van der Waals surface area contributed by atoms with E-state index in [1.807, 2.05) is 0 Å². The van der Waals surface area contributed by atoms with E-state index in [1.54, 1.807) is 53.1 Å². The summed E-state index contributed by atoms with van der Waals surface area (Å²) in [4.78, 5) is 20.3. The van der Waals surface area contributed by atoms with Gasteiger partial charge in [-0.1, -0.05) is 0 Å². The number of amides is 1. The summed E-state index contributed by atoms with van der Waals surface area (Å²) in [6.45, 7) is 1.19. The third-order valence-corrected chi connectivity index (χ3v) is 2.87. The summed E-state index contributed by atoms with van der Waals surface area (Å²) in [7, 11) is 1.63. The van der Waals surface area contributed by atoms with Crippen LogP contribution < -0.4 is 5.32 Å². The molecule has 0 spiro atoms. The number of carbonyl (C=O) groups excluding carboxylic acids is 1. The molecule has 0 saturated carbocycles. The first-order valence-corrected chi connectivity index (χ1v) is 6.40. The van der Waals surface area contributed by atoms with Crippen molar-refractivity contribution in [3.8, 4) is 0 Å². The summed E-state index contributed by atoms with van der Waals surface area (Å²) in [5.74, 6) is 0.631. The van der Waals surface area contributed by atoms with Crippen LogP contribution in [0.25, 0.3) is 5.78 Å². The molecule has 0 fully saturated rings. The van der Waals surface area contributed by atoms with Crippen molar-refractivity contribution in [2.24, 2.45) is 0 Å². The Balaban J connectivity index is 1.72. The smallest absolute Gasteiger partial charge is 0.277 e. The molecule has 108 valence electrons. The summed E-state index contributed by atoms with van der Waals surface area (Å²) in [5.41, 5.74) is 0.292. The van der Waals surface area contributed by atoms with Gasteiger partial charge >= 0.3 is 0 Å². The summed E-state index contributed by atoms with van der Waals surface area (Å²) in [6, 6.07) is 3.50. The first-order valence-electron chi connectivity index (χ1n) is 6.40. The normalized spacial score (nSPS) is 10.9. The average molecular weight is 286 g/mol. The summed E-state index contributed by atoms with van der Waals surface area (Å²) >= 11 is 0. The minimum absolute atomic E-state index is 0.292. The number of nitrogens with zero attached hydrogens (tertiary/aromatic N) is 5. The van der Waals surface area contributed by atoms with Crippen LogP contribution in [0.5, 0.6) is 0 Å². The van der Waals surface area contributed by atoms with Crippen molar-refractivity contribution in [1.29, 1.82) is 0 Å². The molecule has 0 radical (unpaired) electrons. The van der Waals surface area contributed by atoms with Crippen molar-refractivity contribution in [2.75, 3.05) is 19.0 Å². The second-order valence-corrected chi connectivity index (χ2v) is 4.36. The fraction of sp³-hybridized carbons (Fsp3) is 0.231. The molecule has 0 bridgehead atoms. The lowest BCUT2D eigenvalue weighted by Crippen LogP contribution is -2.13. The molecule has 21 heavy (non-hydrogen) atoms. The van der Waals surface area contributed by atoms with Crippen LogP contribution in [0.1, 0.15) is 10.5 Å². The summed E-state index contributed by atoms with van der Waals surface area (Å²) in [5, 5.41) is 6.92. The molecular formula is C13H14N6O2. The van der Waals surface area contributed by atoms with Gasteiger partial charge in [0, 0.05) is 38.0 Å². The van der Waals surface area contributed by atoms with Crippen LogP contribution in [-0.2, 0) is 11.3 Å². The third-order valence-electron chi connectivity index (χ3n) is 2.87. The van der Waals surface area contributed by atoms with Crippen LogP contribution in [0, 0.1) is 0 Å². The Hall–Kier alpha value is -2.74. The number of nitrogens with one attached hydrogen (secondary N) is 1. The van der Waals surface area contributed by atoms with E-state index in [1.165, 1.54) is 0 Å². The molecule has 3 heterocycles. The Morgan fingerprint density at radius 3 is 3.14 bits per heavy atom. The van der Waals surface area contributed by atoms with E-state index < -0.39 is 0 Å². The SMILES string of the molecule is COCCn1ccc(NC(=O)c2cn3cccnc3n2)n1. The molecule has 0 saturated heterocycles. The average Bonchev–Trinajstić information content (AvgIpc) is 3.11. The first-order chi connectivity index (χ1) is 10.3. The van der Waals surface area contributed by atoms with E-state index in [4.69, 9.17) is 4.74 Å². The third kappa shape index (κ3) is 2.90. The molecule has 3 aromatic rings. The molecule has 0 aliphatic carbocycles. The highest BCUT2D eigenvalue weighted by molar-refractivity contribution is 6.02. The van der Waals surface area contributed by atoms with Gasteiger partial charge in [-0.25, -0.2) is 9.97 Å². The maximum atomic E-state index is 12.1. The van der Waals surface area contributed by atoms with E-state index >= 15 is 0 Å². The minimum Gasteiger partial charge on any atom is -0.383 e. The second-order valence-electron chi connectivity index (χ2n) is 4.36. The molecule has 0 aliphatic rings. The fourth-order valence-corrected chi connectivity index (χ4v) is 1.86. The number of rotatable bonds is 5. The highest BCUT2D eigenvalue weighted by Gasteiger charge is 2.12. The van der Waals surface area contributed by atoms with Crippen molar-refractivity contribution in [3.05, 3.63) is 42.6 Å². The van der Waals surface area contributed by atoms with Gasteiger partial charge in [-0.15, -0.1) is 0 Å². The number of imidazole rings is 1. The van der Waals surface area contributed by atoms with Gasteiger partial charge in [0.05, 0.1) is 13.2 Å². The van der Waals surface area contributed by atoms with Crippen LogP contribution >= 0.6 is 0 Å². The number of methoxy groups -OCH3 is 1. The molecule has 1 N–H and O–H groups in total. The Kier molecular flexibility index (Phi) is 3.61. The van der Waals surface area contributed by atoms with E-state index in [-0.39, 0.29) is 5.91 Å². The molecule has 1 amide bonds. The maximum Gasteiger partial charge on any atom is 0.277 e. The largest absolute Gasteiger partial charge is 0.383 e. The highest BCUT2D eigenvalue weighted by Crippen LogP contribution is 2.07. The number of aromatic nitrogens is 5. The van der Waals surface area contributed by atoms with Crippen LogP contribution in [0.4, 0.5) is 5.82 Å². The lowest BCUT2D eigenvalue weighted by atomic mass is 10.4. The summed E-state index contributed by atoms with van der Waals surface area (Å²) < 4.78 is 8.36. The zero-order valence-corrected chi connectivity index (χ0v) is 11.4. The molecule has 0 atom stereocenters. The van der Waals surface area contributed by atoms with Gasteiger partial charge < -0.3 is 10.1 Å². The Morgan fingerprint density at radius 1 is 1.43 bits per heavy atom. The number of hydrogen-bond acceptors (Lipinski definition) is 5. The lowest BCUT2D eigenvalue weighted by Gasteiger charge is -2.00. The van der Waals surface area contributed by atoms with E-state index in [2.05, 4.69) is 20.4 Å². The van der Waals surface area contributed by atoms with Crippen molar-refractivity contribution in [3.63, 3.8) is 0 Å². The van der Waals surface area contributed by atoms with Gasteiger partial charge in [-0.2, -0.15) is 5.10 Å². The second kappa shape index (κ2) is 5.71. The predicted octanol–water partition coefficient (Wildman–Crippen LogP) is 0.825. The Morgan fingerprint density at radius 2 is 2.33 bits per heavy atom. The van der Waals surface area contributed by atoms with E-state index in [0.29, 0.717) is 30.4 Å². The zero-order valence-electron chi connectivity index (χ0n) is 11.4. The Labute approximate surface area is 120 Å². The fourth-order valence-electron chi connectivity index (χ4n) is 1.86. The standard InChI is InChI=1S/C13H14N6O2/c1-21-8-7-19-6-3-11(17-19)16-12(20)10-9-18-5-2-4-14-13(18)15-10/h2-6,9H,7-8H2,1H3,(H,16,17,20). The maximum absolute atomic E-state index is 12.1. The molecule has 3 aromatic heterocycles. The van der Waals surface area contributed by atoms with Crippen molar-refractivity contribution >= 4 is 17.5 Å². The van der Waals surface area contributed by atoms with Gasteiger partial charge in [0.1, 0.15) is 5.69 Å². The van der Waals surface area contributed by atoms with E-state index in [9.17, 15) is 4.79 Å². The van der Waals surface area contributed by atoms with Gasteiger partial charge in [-0.3, -0.25) is 13.9 Å². The van der Waals surface area contributed by atoms with E-state index in [0.717, 1.165) is 0 Å². The van der Waals surface area contributed by atoms with Crippen LogP contribution in [-0.4, -0.2) is 43.8 Å². The zero-order chi connectivity index (χ0) is 14.7. The lowest BCUT2D eigenvalue weighted by molar-refractivity contribution is 0.102. The molecule has 3 rings (SSSR count). The quantitative estimate of drug-likeness (QED) is 0.750. The van der Waals surface area contributed by atoms with Crippen LogP contribution in [0.15, 0.2) is 36.9 Å². The van der Waals surface area contributed by atoms with Crippen LogP contribution in [0.2, 0.25) is 0 Å². The number of ether oxygens (including phenoxy) is 1. The van der Waals surface area contributed by atoms with Crippen LogP contribution in [0.3, 0.4) is 0 Å². The van der Waals surface area contributed by atoms with Crippen molar-refractivity contribution in [1.82, 2.24) is 24.1 Å².